The van der Waals surface area contributed by atoms with Crippen LogP contribution in [0.1, 0.15) is 0 Å². The molecule has 13 aromatic rings. The van der Waals surface area contributed by atoms with Crippen molar-refractivity contribution in [1.29, 1.82) is 0 Å². The number of para-hydroxylation sites is 3. The summed E-state index contributed by atoms with van der Waals surface area (Å²) in [7, 11) is 0. The standard InChI is InChI=1S/C50H27N3O2S/c1-2-13-28(14-3-1)36-25-39-38-26-37-30-16-6-9-22-40(30)53(41(37)27-43(38)55-48(39)32-18-5-4-15-29(32)36)50-51-45-34-19-8-11-24-44(34)56-49(45)46(52-50)35-21-12-20-33-31-17-7-10-23-42(31)54-47(33)35/h1-27H. The van der Waals surface area contributed by atoms with Gasteiger partial charge in [-0.05, 0) is 52.9 Å². The highest BCUT2D eigenvalue weighted by molar-refractivity contribution is 7.26. The van der Waals surface area contributed by atoms with Crippen LogP contribution in [0.25, 0.3) is 125 Å². The van der Waals surface area contributed by atoms with Crippen LogP contribution >= 0.6 is 11.3 Å². The van der Waals surface area contributed by atoms with E-state index in [9.17, 15) is 0 Å². The van der Waals surface area contributed by atoms with Crippen molar-refractivity contribution in [3.63, 3.8) is 0 Å². The number of nitrogens with zero attached hydrogens (tertiary/aromatic N) is 3. The Hall–Kier alpha value is -7.28. The van der Waals surface area contributed by atoms with Crippen molar-refractivity contribution in [2.45, 2.75) is 0 Å². The van der Waals surface area contributed by atoms with Gasteiger partial charge in [-0.3, -0.25) is 4.57 Å². The van der Waals surface area contributed by atoms with E-state index in [0.717, 1.165) is 97.9 Å². The van der Waals surface area contributed by atoms with Gasteiger partial charge in [-0.2, -0.15) is 0 Å². The van der Waals surface area contributed by atoms with Crippen LogP contribution < -0.4 is 0 Å². The van der Waals surface area contributed by atoms with Gasteiger partial charge in [-0.1, -0.05) is 121 Å². The minimum Gasteiger partial charge on any atom is -0.455 e. The average molecular weight is 734 g/mol. The normalized spacial score (nSPS) is 12.3. The largest absolute Gasteiger partial charge is 0.455 e. The Kier molecular flexibility index (Phi) is 5.98. The second kappa shape index (κ2) is 11.1. The number of furan rings is 2. The molecule has 0 fully saturated rings. The Bertz CT molecular complexity index is 3770. The van der Waals surface area contributed by atoms with Gasteiger partial charge < -0.3 is 8.83 Å². The molecule has 8 aromatic carbocycles. The SMILES string of the molecule is c1ccc(-c2cc3c4cc5c6ccccc6n(-c6nc(-c7cccc8c7oc7ccccc78)c7sc8ccccc8c7n6)c5cc4oc3c3ccccc23)cc1. The van der Waals surface area contributed by atoms with Gasteiger partial charge in [0.15, 0.2) is 0 Å². The van der Waals surface area contributed by atoms with Gasteiger partial charge in [0.2, 0.25) is 5.95 Å². The molecule has 5 heterocycles. The smallest absolute Gasteiger partial charge is 0.235 e. The predicted octanol–water partition coefficient (Wildman–Crippen LogP) is 14.2. The molecule has 0 aliphatic carbocycles. The van der Waals surface area contributed by atoms with Gasteiger partial charge >= 0.3 is 0 Å². The van der Waals surface area contributed by atoms with Gasteiger partial charge in [-0.15, -0.1) is 11.3 Å². The highest BCUT2D eigenvalue weighted by Crippen LogP contribution is 2.45. The van der Waals surface area contributed by atoms with E-state index in [1.165, 1.54) is 21.2 Å². The average Bonchev–Trinajstić information content (AvgIpc) is 4.01. The summed E-state index contributed by atoms with van der Waals surface area (Å²) in [5.74, 6) is 0.600. The van der Waals surface area contributed by atoms with Crippen LogP contribution in [0.3, 0.4) is 0 Å². The summed E-state index contributed by atoms with van der Waals surface area (Å²) in [5, 5.41) is 9.95. The first kappa shape index (κ1) is 30.1. The molecule has 56 heavy (non-hydrogen) atoms. The number of hydrogen-bond donors (Lipinski definition) is 0. The van der Waals surface area contributed by atoms with Crippen molar-refractivity contribution < 1.29 is 8.83 Å². The van der Waals surface area contributed by atoms with E-state index in [2.05, 4.69) is 156 Å². The van der Waals surface area contributed by atoms with Crippen molar-refractivity contribution in [1.82, 2.24) is 14.5 Å². The van der Waals surface area contributed by atoms with Crippen molar-refractivity contribution in [2.75, 3.05) is 0 Å². The summed E-state index contributed by atoms with van der Waals surface area (Å²) in [6.07, 6.45) is 0. The zero-order valence-corrected chi connectivity index (χ0v) is 30.5. The minimum absolute atomic E-state index is 0.600. The van der Waals surface area contributed by atoms with Gasteiger partial charge in [0.1, 0.15) is 22.3 Å². The van der Waals surface area contributed by atoms with Gasteiger partial charge in [0.25, 0.3) is 0 Å². The van der Waals surface area contributed by atoms with Crippen LogP contribution in [0.4, 0.5) is 0 Å². The number of hydrogen-bond acceptors (Lipinski definition) is 5. The Morgan fingerprint density at radius 2 is 1.12 bits per heavy atom. The molecule has 0 radical (unpaired) electrons. The lowest BCUT2D eigenvalue weighted by Gasteiger charge is -2.10. The second-order valence-corrected chi connectivity index (χ2v) is 15.5. The molecule has 0 N–H and O–H groups in total. The maximum Gasteiger partial charge on any atom is 0.235 e. The van der Waals surface area contributed by atoms with E-state index >= 15 is 0 Å². The fraction of sp³-hybridized carbons (Fsp3) is 0. The molecule has 0 bridgehead atoms. The zero-order chi connectivity index (χ0) is 36.5. The van der Waals surface area contributed by atoms with Gasteiger partial charge in [-0.25, -0.2) is 9.97 Å². The Morgan fingerprint density at radius 3 is 2.02 bits per heavy atom. The van der Waals surface area contributed by atoms with Crippen molar-refractivity contribution in [3.05, 3.63) is 164 Å². The molecule has 0 aliphatic rings. The third-order valence-corrected chi connectivity index (χ3v) is 12.6. The molecule has 0 atom stereocenters. The second-order valence-electron chi connectivity index (χ2n) is 14.5. The molecule has 6 heteroatoms. The van der Waals surface area contributed by atoms with Crippen LogP contribution in [0.2, 0.25) is 0 Å². The molecule has 5 aromatic heterocycles. The van der Waals surface area contributed by atoms with E-state index in [-0.39, 0.29) is 0 Å². The fourth-order valence-electron chi connectivity index (χ4n) is 8.93. The van der Waals surface area contributed by atoms with Crippen LogP contribution in [-0.4, -0.2) is 14.5 Å². The molecule has 0 spiro atoms. The maximum absolute atomic E-state index is 6.87. The first-order valence-corrected chi connectivity index (χ1v) is 19.6. The van der Waals surface area contributed by atoms with E-state index < -0.39 is 0 Å². The number of aromatic nitrogens is 3. The predicted molar refractivity (Wildman–Crippen MR) is 232 cm³/mol. The fourth-order valence-corrected chi connectivity index (χ4v) is 10.1. The molecule has 5 nitrogen and oxygen atoms in total. The number of thiophene rings is 1. The van der Waals surface area contributed by atoms with Crippen molar-refractivity contribution >= 4 is 108 Å². The summed E-state index contributed by atoms with van der Waals surface area (Å²) in [6, 6.07) is 57.6. The van der Waals surface area contributed by atoms with E-state index in [1.54, 1.807) is 11.3 Å². The first-order valence-electron chi connectivity index (χ1n) is 18.7. The molecule has 0 aliphatic heterocycles. The summed E-state index contributed by atoms with van der Waals surface area (Å²) in [6.45, 7) is 0. The highest BCUT2D eigenvalue weighted by Gasteiger charge is 2.24. The zero-order valence-electron chi connectivity index (χ0n) is 29.7. The van der Waals surface area contributed by atoms with Crippen LogP contribution in [0.15, 0.2) is 173 Å². The van der Waals surface area contributed by atoms with Crippen molar-refractivity contribution in [3.8, 4) is 28.3 Å². The van der Waals surface area contributed by atoms with Crippen LogP contribution in [0.5, 0.6) is 0 Å². The Labute approximate surface area is 322 Å². The molecule has 13 rings (SSSR count). The first-order chi connectivity index (χ1) is 27.8. The maximum atomic E-state index is 6.87. The number of benzene rings is 8. The quantitative estimate of drug-likeness (QED) is 0.181. The van der Waals surface area contributed by atoms with E-state index in [1.807, 2.05) is 12.1 Å². The molecule has 0 saturated carbocycles. The van der Waals surface area contributed by atoms with Crippen molar-refractivity contribution in [2.24, 2.45) is 0 Å². The Morgan fingerprint density at radius 1 is 0.429 bits per heavy atom. The molecular formula is C50H27N3O2S. The third-order valence-electron chi connectivity index (χ3n) is 11.4. The third kappa shape index (κ3) is 4.08. The lowest BCUT2D eigenvalue weighted by atomic mass is 9.95. The Balaban J connectivity index is 1.14. The summed E-state index contributed by atoms with van der Waals surface area (Å²) < 4.78 is 17.9. The summed E-state index contributed by atoms with van der Waals surface area (Å²) >= 11 is 1.73. The summed E-state index contributed by atoms with van der Waals surface area (Å²) in [4.78, 5) is 10.9. The highest BCUT2D eigenvalue weighted by atomic mass is 32.1. The molecule has 0 amide bonds. The number of rotatable bonds is 3. The summed E-state index contributed by atoms with van der Waals surface area (Å²) in [5.41, 5.74) is 10.5. The lowest BCUT2D eigenvalue weighted by Crippen LogP contribution is -2.02. The molecule has 0 unspecified atom stereocenters. The van der Waals surface area contributed by atoms with Crippen LogP contribution in [-0.2, 0) is 0 Å². The number of fused-ring (bicyclic) bond motifs is 14. The lowest BCUT2D eigenvalue weighted by molar-refractivity contribution is 0.670. The van der Waals surface area contributed by atoms with E-state index in [4.69, 9.17) is 18.8 Å². The van der Waals surface area contributed by atoms with Gasteiger partial charge in [0.05, 0.1) is 26.9 Å². The van der Waals surface area contributed by atoms with E-state index in [0.29, 0.717) is 5.95 Å². The monoisotopic (exact) mass is 733 g/mol. The molecule has 260 valence electrons. The molecular weight excluding hydrogens is 707 g/mol. The topological polar surface area (TPSA) is 57.0 Å². The van der Waals surface area contributed by atoms with Crippen LogP contribution in [0, 0.1) is 0 Å². The van der Waals surface area contributed by atoms with Gasteiger partial charge in [0, 0.05) is 59.4 Å². The molecule has 0 saturated heterocycles. The minimum atomic E-state index is 0.600.